The van der Waals surface area contributed by atoms with Gasteiger partial charge in [0, 0.05) is 5.56 Å². The average Bonchev–Trinajstić information content (AvgIpc) is 3.16. The Labute approximate surface area is 137 Å². The monoisotopic (exact) mass is 353 g/mol. The van der Waals surface area contributed by atoms with Crippen molar-refractivity contribution in [2.75, 3.05) is 5.32 Å². The number of anilines is 1. The van der Waals surface area contributed by atoms with Crippen LogP contribution in [0.2, 0.25) is 0 Å². The molecule has 6 nitrogen and oxygen atoms in total. The van der Waals surface area contributed by atoms with Crippen molar-refractivity contribution in [3.8, 4) is 10.6 Å². The topological polar surface area (TPSA) is 83.6 Å². The smallest absolute Gasteiger partial charge is 0.290 e. The number of aryl methyl sites for hydroxylation is 1. The molecule has 0 atom stereocenters. The summed E-state index contributed by atoms with van der Waals surface area (Å²) < 4.78 is 37.8. The van der Waals surface area contributed by atoms with Crippen LogP contribution in [0.1, 0.15) is 20.9 Å². The lowest BCUT2D eigenvalue weighted by Crippen LogP contribution is -2.12. The summed E-state index contributed by atoms with van der Waals surface area (Å²) in [4.78, 5) is 20.6. The fourth-order valence-electron chi connectivity index (χ4n) is 1.96. The van der Waals surface area contributed by atoms with Crippen LogP contribution in [0.25, 0.3) is 10.6 Å². The van der Waals surface area contributed by atoms with E-state index in [0.717, 1.165) is 23.5 Å². The molecular formula is C14H10F3N5OS. The second-order valence-electron chi connectivity index (χ2n) is 4.80. The normalized spacial score (nSPS) is 11.5. The number of carbonyl (C=O) groups excluding carboxylic acids is 1. The van der Waals surface area contributed by atoms with Crippen molar-refractivity contribution in [3.05, 3.63) is 46.7 Å². The number of aromatic amines is 1. The Morgan fingerprint density at radius 3 is 2.54 bits per heavy atom. The van der Waals surface area contributed by atoms with Gasteiger partial charge in [-0.2, -0.15) is 23.3 Å². The second-order valence-corrected chi connectivity index (χ2v) is 5.80. The van der Waals surface area contributed by atoms with Crippen molar-refractivity contribution in [2.24, 2.45) is 0 Å². The van der Waals surface area contributed by atoms with Gasteiger partial charge in [0.05, 0.1) is 11.3 Å². The molecule has 3 aromatic rings. The van der Waals surface area contributed by atoms with Crippen molar-refractivity contribution in [2.45, 2.75) is 13.1 Å². The van der Waals surface area contributed by atoms with E-state index in [9.17, 15) is 18.0 Å². The van der Waals surface area contributed by atoms with Gasteiger partial charge in [-0.05, 0) is 19.1 Å². The Bertz CT molecular complexity index is 856. The van der Waals surface area contributed by atoms with Crippen LogP contribution < -0.4 is 5.32 Å². The summed E-state index contributed by atoms with van der Waals surface area (Å²) in [6.45, 7) is 1.65. The summed E-state index contributed by atoms with van der Waals surface area (Å²) in [6, 6.07) is 4.64. The first-order valence-electron chi connectivity index (χ1n) is 6.66. The van der Waals surface area contributed by atoms with Gasteiger partial charge in [-0.3, -0.25) is 10.1 Å². The number of amides is 1. The maximum absolute atomic E-state index is 12.6. The molecule has 0 radical (unpaired) electrons. The number of thiazole rings is 1. The van der Waals surface area contributed by atoms with Crippen LogP contribution in [0, 0.1) is 6.92 Å². The summed E-state index contributed by atoms with van der Waals surface area (Å²) in [5.41, 5.74) is 0.254. The number of hydrogen-bond acceptors (Lipinski definition) is 5. The van der Waals surface area contributed by atoms with E-state index in [0.29, 0.717) is 21.1 Å². The lowest BCUT2D eigenvalue weighted by atomic mass is 10.1. The number of alkyl halides is 3. The molecule has 0 unspecified atom stereocenters. The van der Waals surface area contributed by atoms with Crippen LogP contribution in [-0.2, 0) is 6.18 Å². The summed E-state index contributed by atoms with van der Waals surface area (Å²) in [5, 5.41) is 9.11. The molecule has 1 amide bonds. The lowest BCUT2D eigenvalue weighted by molar-refractivity contribution is -0.137. The SMILES string of the molecule is Cc1nc(-c2ccc(C(F)(F)F)cc2)sc1C(=O)Nc1ncn[nH]1. The van der Waals surface area contributed by atoms with Crippen molar-refractivity contribution < 1.29 is 18.0 Å². The lowest BCUT2D eigenvalue weighted by Gasteiger charge is -2.06. The first-order chi connectivity index (χ1) is 11.3. The molecule has 2 N–H and O–H groups in total. The van der Waals surface area contributed by atoms with E-state index in [2.05, 4.69) is 25.5 Å². The molecule has 3 rings (SSSR count). The zero-order valence-corrected chi connectivity index (χ0v) is 13.0. The number of hydrogen-bond donors (Lipinski definition) is 2. The van der Waals surface area contributed by atoms with Crippen molar-refractivity contribution >= 4 is 23.2 Å². The molecule has 124 valence electrons. The van der Waals surface area contributed by atoms with E-state index in [1.165, 1.54) is 18.5 Å². The number of nitrogens with zero attached hydrogens (tertiary/aromatic N) is 3. The molecule has 24 heavy (non-hydrogen) atoms. The summed E-state index contributed by atoms with van der Waals surface area (Å²) >= 11 is 1.09. The highest BCUT2D eigenvalue weighted by Crippen LogP contribution is 2.33. The van der Waals surface area contributed by atoms with Crippen LogP contribution in [0.3, 0.4) is 0 Å². The van der Waals surface area contributed by atoms with E-state index >= 15 is 0 Å². The van der Waals surface area contributed by atoms with Gasteiger partial charge in [0.2, 0.25) is 5.95 Å². The molecule has 10 heteroatoms. The zero-order chi connectivity index (χ0) is 17.3. The van der Waals surface area contributed by atoms with Crippen LogP contribution in [0.5, 0.6) is 0 Å². The first-order valence-corrected chi connectivity index (χ1v) is 7.48. The van der Waals surface area contributed by atoms with Crippen LogP contribution in [-0.4, -0.2) is 26.1 Å². The molecule has 0 fully saturated rings. The third kappa shape index (κ3) is 3.27. The molecular weight excluding hydrogens is 343 g/mol. The number of benzene rings is 1. The number of rotatable bonds is 3. The maximum Gasteiger partial charge on any atom is 0.416 e. The summed E-state index contributed by atoms with van der Waals surface area (Å²) in [5.74, 6) is -0.219. The van der Waals surface area contributed by atoms with Gasteiger partial charge >= 0.3 is 6.18 Å². The highest BCUT2D eigenvalue weighted by atomic mass is 32.1. The van der Waals surface area contributed by atoms with Gasteiger partial charge in [-0.1, -0.05) is 12.1 Å². The van der Waals surface area contributed by atoms with Crippen LogP contribution >= 0.6 is 11.3 Å². The van der Waals surface area contributed by atoms with Gasteiger partial charge in [0.25, 0.3) is 5.91 Å². The van der Waals surface area contributed by atoms with Gasteiger partial charge in [0.15, 0.2) is 0 Å². The molecule has 0 aliphatic rings. The van der Waals surface area contributed by atoms with Gasteiger partial charge < -0.3 is 0 Å². The molecule has 0 saturated carbocycles. The Balaban J connectivity index is 1.84. The first kappa shape index (κ1) is 16.1. The zero-order valence-electron chi connectivity index (χ0n) is 12.2. The Morgan fingerprint density at radius 1 is 1.25 bits per heavy atom. The third-order valence-corrected chi connectivity index (χ3v) is 4.31. The highest BCUT2D eigenvalue weighted by Gasteiger charge is 2.30. The second kappa shape index (κ2) is 6.04. The van der Waals surface area contributed by atoms with Crippen molar-refractivity contribution in [1.29, 1.82) is 0 Å². The standard InChI is InChI=1S/C14H10F3N5OS/c1-7-10(11(23)21-13-18-6-19-22-13)24-12(20-7)8-2-4-9(5-3-8)14(15,16)17/h2-6H,1H3,(H2,18,19,21,22,23). The minimum atomic E-state index is -4.39. The number of carbonyl (C=O) groups is 1. The fraction of sp³-hybridized carbons (Fsp3) is 0.143. The molecule has 2 aromatic heterocycles. The highest BCUT2D eigenvalue weighted by molar-refractivity contribution is 7.17. The molecule has 1 aromatic carbocycles. The summed E-state index contributed by atoms with van der Waals surface area (Å²) in [6.07, 6.45) is -3.14. The molecule has 0 spiro atoms. The van der Waals surface area contributed by atoms with E-state index < -0.39 is 17.6 Å². The molecule has 0 bridgehead atoms. The molecule has 2 heterocycles. The predicted octanol–water partition coefficient (Wildman–Crippen LogP) is 3.51. The van der Waals surface area contributed by atoms with E-state index in [1.54, 1.807) is 6.92 Å². The van der Waals surface area contributed by atoms with Crippen LogP contribution in [0.4, 0.5) is 19.1 Å². The van der Waals surface area contributed by atoms with Crippen LogP contribution in [0.15, 0.2) is 30.6 Å². The number of nitrogens with one attached hydrogen (secondary N) is 2. The minimum absolute atomic E-state index is 0.198. The largest absolute Gasteiger partial charge is 0.416 e. The Hall–Kier alpha value is -2.75. The maximum atomic E-state index is 12.6. The minimum Gasteiger partial charge on any atom is -0.290 e. The van der Waals surface area contributed by atoms with E-state index in [-0.39, 0.29) is 5.95 Å². The third-order valence-electron chi connectivity index (χ3n) is 3.11. The Morgan fingerprint density at radius 2 is 1.96 bits per heavy atom. The van der Waals surface area contributed by atoms with Gasteiger partial charge in [-0.15, -0.1) is 11.3 Å². The number of aromatic nitrogens is 4. The quantitative estimate of drug-likeness (QED) is 0.755. The van der Waals surface area contributed by atoms with Gasteiger partial charge in [-0.25, -0.2) is 10.1 Å². The molecule has 0 aliphatic heterocycles. The van der Waals surface area contributed by atoms with Gasteiger partial charge in [0.1, 0.15) is 16.2 Å². The van der Waals surface area contributed by atoms with E-state index in [4.69, 9.17) is 0 Å². The molecule has 0 aliphatic carbocycles. The van der Waals surface area contributed by atoms with Crippen molar-refractivity contribution in [3.63, 3.8) is 0 Å². The molecule has 0 saturated heterocycles. The Kier molecular flexibility index (Phi) is 4.06. The average molecular weight is 353 g/mol. The summed E-state index contributed by atoms with van der Waals surface area (Å²) in [7, 11) is 0. The van der Waals surface area contributed by atoms with E-state index in [1.807, 2.05) is 0 Å². The number of H-pyrrole nitrogens is 1. The number of halogens is 3. The predicted molar refractivity (Wildman–Crippen MR) is 81.6 cm³/mol. The fourth-order valence-corrected chi connectivity index (χ4v) is 2.93. The van der Waals surface area contributed by atoms with Crippen molar-refractivity contribution in [1.82, 2.24) is 20.2 Å².